The number of nitrogens with one attached hydrogen (secondary N) is 1. The zero-order valence-electron chi connectivity index (χ0n) is 12.8. The Labute approximate surface area is 143 Å². The molecule has 1 aromatic heterocycles. The molecule has 0 spiro atoms. The van der Waals surface area contributed by atoms with Crippen LogP contribution < -0.4 is 5.32 Å². The van der Waals surface area contributed by atoms with Crippen LogP contribution in [0, 0.1) is 12.7 Å². The number of carbonyl (C=O) groups excluding carboxylic acids is 1. The maximum absolute atomic E-state index is 13.1. The Morgan fingerprint density at radius 2 is 2.00 bits per heavy atom. The first-order valence-electron chi connectivity index (χ1n) is 7.19. The molecule has 0 radical (unpaired) electrons. The number of anilines is 1. The van der Waals surface area contributed by atoms with Crippen LogP contribution in [0.15, 0.2) is 54.7 Å². The number of hydrogen-bond donors (Lipinski definition) is 1. The third kappa shape index (κ3) is 3.58. The summed E-state index contributed by atoms with van der Waals surface area (Å²) < 4.78 is 13.1. The number of halogens is 2. The molecule has 0 atom stereocenters. The number of hydrogen-bond acceptors (Lipinski definition) is 3. The minimum Gasteiger partial charge on any atom is -0.322 e. The average Bonchev–Trinajstić information content (AvgIpc) is 2.55. The molecule has 0 aliphatic heterocycles. The Morgan fingerprint density at radius 1 is 1.17 bits per heavy atom. The molecule has 1 N–H and O–H groups in total. The third-order valence-electron chi connectivity index (χ3n) is 3.37. The molecule has 3 rings (SSSR count). The van der Waals surface area contributed by atoms with Crippen molar-refractivity contribution in [3.63, 3.8) is 0 Å². The van der Waals surface area contributed by atoms with Crippen LogP contribution in [-0.4, -0.2) is 15.9 Å². The van der Waals surface area contributed by atoms with Crippen LogP contribution in [0.1, 0.15) is 16.2 Å². The number of amides is 1. The highest BCUT2D eigenvalue weighted by Gasteiger charge is 2.12. The van der Waals surface area contributed by atoms with Crippen LogP contribution in [0.25, 0.3) is 11.3 Å². The SMILES string of the molecule is Cc1nccc(-c2cccc(NC(=O)c3ccc(F)cc3Cl)c2)n1. The largest absolute Gasteiger partial charge is 0.322 e. The smallest absolute Gasteiger partial charge is 0.257 e. The van der Waals surface area contributed by atoms with E-state index in [9.17, 15) is 9.18 Å². The molecule has 0 saturated heterocycles. The van der Waals surface area contributed by atoms with Crippen molar-refractivity contribution in [2.75, 3.05) is 5.32 Å². The summed E-state index contributed by atoms with van der Waals surface area (Å²) in [5, 5.41) is 2.82. The average molecular weight is 342 g/mol. The van der Waals surface area contributed by atoms with Gasteiger partial charge in [-0.2, -0.15) is 0 Å². The van der Waals surface area contributed by atoms with Crippen molar-refractivity contribution < 1.29 is 9.18 Å². The minimum atomic E-state index is -0.488. The van der Waals surface area contributed by atoms with Crippen LogP contribution in [0.4, 0.5) is 10.1 Å². The van der Waals surface area contributed by atoms with E-state index in [1.807, 2.05) is 19.1 Å². The lowest BCUT2D eigenvalue weighted by molar-refractivity contribution is 0.102. The molecule has 0 saturated carbocycles. The Hall–Kier alpha value is -2.79. The molecule has 0 fully saturated rings. The van der Waals surface area contributed by atoms with Crippen molar-refractivity contribution in [1.29, 1.82) is 0 Å². The van der Waals surface area contributed by atoms with E-state index in [1.165, 1.54) is 12.1 Å². The van der Waals surface area contributed by atoms with Gasteiger partial charge < -0.3 is 5.32 Å². The highest BCUT2D eigenvalue weighted by Crippen LogP contribution is 2.23. The molecule has 4 nitrogen and oxygen atoms in total. The Bertz CT molecular complexity index is 914. The third-order valence-corrected chi connectivity index (χ3v) is 3.68. The summed E-state index contributed by atoms with van der Waals surface area (Å²) in [5.74, 6) is -0.228. The summed E-state index contributed by atoms with van der Waals surface area (Å²) in [6.45, 7) is 1.81. The summed E-state index contributed by atoms with van der Waals surface area (Å²) in [6, 6.07) is 12.7. The fraction of sp³-hybridized carbons (Fsp3) is 0.0556. The second-order valence-electron chi connectivity index (χ2n) is 5.15. The fourth-order valence-electron chi connectivity index (χ4n) is 2.25. The maximum Gasteiger partial charge on any atom is 0.257 e. The number of carbonyl (C=O) groups is 1. The molecule has 1 amide bonds. The number of aryl methyl sites for hydroxylation is 1. The van der Waals surface area contributed by atoms with E-state index in [4.69, 9.17) is 11.6 Å². The first kappa shape index (κ1) is 16.1. The Kier molecular flexibility index (Phi) is 4.53. The first-order chi connectivity index (χ1) is 11.5. The summed E-state index contributed by atoms with van der Waals surface area (Å²) >= 11 is 5.92. The van der Waals surface area contributed by atoms with E-state index in [1.54, 1.807) is 24.4 Å². The molecule has 0 unspecified atom stereocenters. The Morgan fingerprint density at radius 3 is 2.75 bits per heavy atom. The first-order valence-corrected chi connectivity index (χ1v) is 7.57. The van der Waals surface area contributed by atoms with Gasteiger partial charge >= 0.3 is 0 Å². The summed E-state index contributed by atoms with van der Waals surface area (Å²) in [7, 11) is 0. The summed E-state index contributed by atoms with van der Waals surface area (Å²) in [4.78, 5) is 20.7. The second kappa shape index (κ2) is 6.76. The zero-order chi connectivity index (χ0) is 17.1. The van der Waals surface area contributed by atoms with Gasteiger partial charge in [0.25, 0.3) is 5.91 Å². The monoisotopic (exact) mass is 341 g/mol. The predicted molar refractivity (Wildman–Crippen MR) is 91.6 cm³/mol. The van der Waals surface area contributed by atoms with Gasteiger partial charge in [0, 0.05) is 17.4 Å². The van der Waals surface area contributed by atoms with E-state index in [0.29, 0.717) is 11.5 Å². The number of nitrogens with zero attached hydrogens (tertiary/aromatic N) is 2. The Balaban J connectivity index is 1.85. The van der Waals surface area contributed by atoms with Crippen LogP contribution in [0.2, 0.25) is 5.02 Å². The lowest BCUT2D eigenvalue weighted by Gasteiger charge is -2.09. The van der Waals surface area contributed by atoms with Gasteiger partial charge in [0.05, 0.1) is 16.3 Å². The molecule has 3 aromatic rings. The minimum absolute atomic E-state index is 0.0649. The molecule has 0 aliphatic rings. The van der Waals surface area contributed by atoms with E-state index in [2.05, 4.69) is 15.3 Å². The van der Waals surface area contributed by atoms with Crippen LogP contribution >= 0.6 is 11.6 Å². The predicted octanol–water partition coefficient (Wildman–Crippen LogP) is 4.50. The van der Waals surface area contributed by atoms with Crippen molar-refractivity contribution in [1.82, 2.24) is 9.97 Å². The molecular weight excluding hydrogens is 329 g/mol. The van der Waals surface area contributed by atoms with E-state index in [0.717, 1.165) is 17.3 Å². The zero-order valence-corrected chi connectivity index (χ0v) is 13.5. The van der Waals surface area contributed by atoms with Gasteiger partial charge in [0.15, 0.2) is 0 Å². The molecule has 0 aliphatic carbocycles. The molecule has 24 heavy (non-hydrogen) atoms. The normalized spacial score (nSPS) is 10.5. The number of rotatable bonds is 3. The van der Waals surface area contributed by atoms with Gasteiger partial charge in [-0.05, 0) is 43.3 Å². The molecule has 0 bridgehead atoms. The topological polar surface area (TPSA) is 54.9 Å². The van der Waals surface area contributed by atoms with Gasteiger partial charge in [-0.15, -0.1) is 0 Å². The van der Waals surface area contributed by atoms with Crippen molar-refractivity contribution in [2.24, 2.45) is 0 Å². The van der Waals surface area contributed by atoms with E-state index < -0.39 is 11.7 Å². The van der Waals surface area contributed by atoms with Gasteiger partial charge in [-0.3, -0.25) is 4.79 Å². The van der Waals surface area contributed by atoms with E-state index >= 15 is 0 Å². The van der Waals surface area contributed by atoms with Crippen LogP contribution in [0.5, 0.6) is 0 Å². The van der Waals surface area contributed by atoms with Gasteiger partial charge in [-0.25, -0.2) is 14.4 Å². The highest BCUT2D eigenvalue weighted by molar-refractivity contribution is 6.34. The van der Waals surface area contributed by atoms with Gasteiger partial charge in [-0.1, -0.05) is 23.7 Å². The number of aromatic nitrogens is 2. The molecule has 2 aromatic carbocycles. The standard InChI is InChI=1S/C18H13ClFN3O/c1-11-21-8-7-17(22-11)12-3-2-4-14(9-12)23-18(24)15-6-5-13(20)10-16(15)19/h2-10H,1H3,(H,23,24). The van der Waals surface area contributed by atoms with Gasteiger partial charge in [0.2, 0.25) is 0 Å². The molecule has 120 valence electrons. The van der Waals surface area contributed by atoms with Crippen LogP contribution in [-0.2, 0) is 0 Å². The second-order valence-corrected chi connectivity index (χ2v) is 5.56. The summed E-state index contributed by atoms with van der Waals surface area (Å²) in [5.41, 5.74) is 2.41. The van der Waals surface area contributed by atoms with Crippen molar-refractivity contribution in [2.45, 2.75) is 6.92 Å². The van der Waals surface area contributed by atoms with Crippen molar-refractivity contribution >= 4 is 23.2 Å². The van der Waals surface area contributed by atoms with Crippen molar-refractivity contribution in [3.8, 4) is 11.3 Å². The molecule has 1 heterocycles. The lowest BCUT2D eigenvalue weighted by atomic mass is 10.1. The summed E-state index contributed by atoms with van der Waals surface area (Å²) in [6.07, 6.45) is 1.68. The van der Waals surface area contributed by atoms with E-state index in [-0.39, 0.29) is 10.6 Å². The number of benzene rings is 2. The maximum atomic E-state index is 13.1. The van der Waals surface area contributed by atoms with Crippen LogP contribution in [0.3, 0.4) is 0 Å². The van der Waals surface area contributed by atoms with Crippen molar-refractivity contribution in [3.05, 3.63) is 77.0 Å². The molecular formula is C18H13ClFN3O. The quantitative estimate of drug-likeness (QED) is 0.763. The fourth-order valence-corrected chi connectivity index (χ4v) is 2.50. The molecule has 6 heteroatoms. The van der Waals surface area contributed by atoms with Gasteiger partial charge in [0.1, 0.15) is 11.6 Å². The lowest BCUT2D eigenvalue weighted by Crippen LogP contribution is -2.12. The highest BCUT2D eigenvalue weighted by atomic mass is 35.5.